The summed E-state index contributed by atoms with van der Waals surface area (Å²) in [5.41, 5.74) is 8.28. The van der Waals surface area contributed by atoms with E-state index < -0.39 is 0 Å². The van der Waals surface area contributed by atoms with Gasteiger partial charge in [0.2, 0.25) is 0 Å². The van der Waals surface area contributed by atoms with E-state index in [4.69, 9.17) is 5.73 Å². The molecule has 0 aliphatic carbocycles. The van der Waals surface area contributed by atoms with Crippen LogP contribution in [0.25, 0.3) is 0 Å². The molecule has 0 saturated heterocycles. The van der Waals surface area contributed by atoms with Crippen molar-refractivity contribution in [3.05, 3.63) is 58.2 Å². The number of nitrogens with two attached hydrogens (primary N) is 1. The Balaban J connectivity index is 2.09. The van der Waals surface area contributed by atoms with Gasteiger partial charge in [-0.25, -0.2) is 4.98 Å². The second kappa shape index (κ2) is 6.68. The number of benzene rings is 1. The van der Waals surface area contributed by atoms with Crippen molar-refractivity contribution >= 4 is 21.7 Å². The van der Waals surface area contributed by atoms with E-state index in [0.717, 1.165) is 22.3 Å². The van der Waals surface area contributed by atoms with Crippen molar-refractivity contribution in [1.82, 2.24) is 4.98 Å². The summed E-state index contributed by atoms with van der Waals surface area (Å²) in [5.74, 6) is 0.853. The molecule has 1 unspecified atom stereocenters. The number of nitrogens with one attached hydrogen (secondary N) is 1. The van der Waals surface area contributed by atoms with E-state index in [1.165, 1.54) is 5.56 Å². The van der Waals surface area contributed by atoms with Crippen LogP contribution in [0.3, 0.4) is 0 Å². The van der Waals surface area contributed by atoms with E-state index in [1.54, 1.807) is 6.20 Å². The normalized spacial score (nSPS) is 12.2. The number of hydrogen-bond donors (Lipinski definition) is 2. The number of pyridine rings is 1. The van der Waals surface area contributed by atoms with Crippen LogP contribution in [0.2, 0.25) is 0 Å². The number of aromatic nitrogens is 1. The molecular formula is C15H18BrN3. The van der Waals surface area contributed by atoms with Crippen LogP contribution >= 0.6 is 15.9 Å². The standard InChI is InChI=1S/C15H18BrN3/c1-11-7-8-18-15(14(11)16)19-13(10-17)9-12-5-3-2-4-6-12/h2-8,13H,9-10,17H2,1H3,(H,18,19). The molecule has 0 amide bonds. The molecule has 3 N–H and O–H groups in total. The first-order valence-electron chi connectivity index (χ1n) is 6.32. The highest BCUT2D eigenvalue weighted by atomic mass is 79.9. The molecule has 0 saturated carbocycles. The van der Waals surface area contributed by atoms with Gasteiger partial charge in [0.1, 0.15) is 5.82 Å². The van der Waals surface area contributed by atoms with E-state index in [1.807, 2.05) is 31.2 Å². The van der Waals surface area contributed by atoms with E-state index in [2.05, 4.69) is 38.4 Å². The van der Waals surface area contributed by atoms with Gasteiger partial charge in [-0.3, -0.25) is 0 Å². The first kappa shape index (κ1) is 14.0. The third-order valence-corrected chi connectivity index (χ3v) is 4.03. The molecule has 1 aromatic heterocycles. The lowest BCUT2D eigenvalue weighted by atomic mass is 10.1. The van der Waals surface area contributed by atoms with Gasteiger partial charge in [-0.1, -0.05) is 30.3 Å². The molecule has 0 aliphatic rings. The topological polar surface area (TPSA) is 50.9 Å². The second-order valence-electron chi connectivity index (χ2n) is 4.56. The molecule has 1 heterocycles. The van der Waals surface area contributed by atoms with Gasteiger partial charge in [0.05, 0.1) is 4.47 Å². The molecule has 1 atom stereocenters. The maximum atomic E-state index is 5.85. The molecule has 2 aromatic rings. The maximum Gasteiger partial charge on any atom is 0.140 e. The molecule has 0 aliphatic heterocycles. The van der Waals surface area contributed by atoms with Gasteiger partial charge in [-0.15, -0.1) is 0 Å². The Labute approximate surface area is 122 Å². The second-order valence-corrected chi connectivity index (χ2v) is 5.35. The number of rotatable bonds is 5. The van der Waals surface area contributed by atoms with Crippen molar-refractivity contribution in [2.45, 2.75) is 19.4 Å². The van der Waals surface area contributed by atoms with Crippen molar-refractivity contribution in [1.29, 1.82) is 0 Å². The summed E-state index contributed by atoms with van der Waals surface area (Å²) in [4.78, 5) is 4.35. The Morgan fingerprint density at radius 1 is 1.26 bits per heavy atom. The van der Waals surface area contributed by atoms with Gasteiger partial charge >= 0.3 is 0 Å². The van der Waals surface area contributed by atoms with Crippen molar-refractivity contribution in [3.8, 4) is 0 Å². The number of anilines is 1. The highest BCUT2D eigenvalue weighted by Crippen LogP contribution is 2.24. The van der Waals surface area contributed by atoms with Crippen LogP contribution in [0, 0.1) is 6.92 Å². The first-order valence-corrected chi connectivity index (χ1v) is 7.11. The van der Waals surface area contributed by atoms with E-state index >= 15 is 0 Å². The SMILES string of the molecule is Cc1ccnc(NC(CN)Cc2ccccc2)c1Br. The molecule has 2 rings (SSSR count). The highest BCUT2D eigenvalue weighted by molar-refractivity contribution is 9.10. The molecule has 0 spiro atoms. The summed E-state index contributed by atoms with van der Waals surface area (Å²) < 4.78 is 1.00. The lowest BCUT2D eigenvalue weighted by Crippen LogP contribution is -2.31. The van der Waals surface area contributed by atoms with Gasteiger partial charge in [0.25, 0.3) is 0 Å². The minimum Gasteiger partial charge on any atom is -0.365 e. The Hall–Kier alpha value is -1.39. The van der Waals surface area contributed by atoms with E-state index in [-0.39, 0.29) is 6.04 Å². The average Bonchev–Trinajstić information content (AvgIpc) is 2.44. The number of hydrogen-bond acceptors (Lipinski definition) is 3. The van der Waals surface area contributed by atoms with Crippen LogP contribution in [0.15, 0.2) is 47.1 Å². The Morgan fingerprint density at radius 2 is 2.00 bits per heavy atom. The maximum absolute atomic E-state index is 5.85. The van der Waals surface area contributed by atoms with E-state index in [9.17, 15) is 0 Å². The zero-order valence-corrected chi connectivity index (χ0v) is 12.5. The Kier molecular flexibility index (Phi) is 4.93. The van der Waals surface area contributed by atoms with Crippen LogP contribution in [0.4, 0.5) is 5.82 Å². The molecule has 0 bridgehead atoms. The molecule has 0 radical (unpaired) electrons. The van der Waals surface area contributed by atoms with Gasteiger partial charge in [0, 0.05) is 18.8 Å². The zero-order valence-electron chi connectivity index (χ0n) is 10.9. The fourth-order valence-corrected chi connectivity index (χ4v) is 2.28. The largest absolute Gasteiger partial charge is 0.365 e. The predicted octanol–water partition coefficient (Wildman–Crippen LogP) is 3.13. The summed E-state index contributed by atoms with van der Waals surface area (Å²) >= 11 is 3.56. The lowest BCUT2D eigenvalue weighted by Gasteiger charge is -2.19. The van der Waals surface area contributed by atoms with Crippen LogP contribution in [0.5, 0.6) is 0 Å². The van der Waals surface area contributed by atoms with Crippen molar-refractivity contribution in [2.75, 3.05) is 11.9 Å². The number of aryl methyl sites for hydroxylation is 1. The third-order valence-electron chi connectivity index (χ3n) is 3.03. The Morgan fingerprint density at radius 3 is 2.68 bits per heavy atom. The minimum atomic E-state index is 0.174. The number of halogens is 1. The summed E-state index contributed by atoms with van der Waals surface area (Å²) in [6, 6.07) is 12.5. The molecule has 1 aromatic carbocycles. The summed E-state index contributed by atoms with van der Waals surface area (Å²) in [6.45, 7) is 2.61. The van der Waals surface area contributed by atoms with Crippen molar-refractivity contribution in [2.24, 2.45) is 5.73 Å². The van der Waals surface area contributed by atoms with Crippen LogP contribution in [-0.4, -0.2) is 17.6 Å². The quantitative estimate of drug-likeness (QED) is 0.890. The van der Waals surface area contributed by atoms with E-state index in [0.29, 0.717) is 6.54 Å². The molecule has 19 heavy (non-hydrogen) atoms. The molecule has 3 nitrogen and oxygen atoms in total. The summed E-state index contributed by atoms with van der Waals surface area (Å²) in [7, 11) is 0. The van der Waals surface area contributed by atoms with Crippen LogP contribution < -0.4 is 11.1 Å². The number of nitrogens with zero attached hydrogens (tertiary/aromatic N) is 1. The van der Waals surface area contributed by atoms with Crippen molar-refractivity contribution in [3.63, 3.8) is 0 Å². The van der Waals surface area contributed by atoms with Crippen LogP contribution in [-0.2, 0) is 6.42 Å². The van der Waals surface area contributed by atoms with Gasteiger partial charge in [0.15, 0.2) is 0 Å². The summed E-state index contributed by atoms with van der Waals surface area (Å²) in [6.07, 6.45) is 2.69. The minimum absolute atomic E-state index is 0.174. The highest BCUT2D eigenvalue weighted by Gasteiger charge is 2.11. The van der Waals surface area contributed by atoms with Crippen molar-refractivity contribution < 1.29 is 0 Å². The fraction of sp³-hybridized carbons (Fsp3) is 0.267. The Bertz CT molecular complexity index is 528. The van der Waals surface area contributed by atoms with Gasteiger partial charge in [-0.2, -0.15) is 0 Å². The average molecular weight is 320 g/mol. The molecule has 100 valence electrons. The van der Waals surface area contributed by atoms with Gasteiger partial charge < -0.3 is 11.1 Å². The third kappa shape index (κ3) is 3.78. The predicted molar refractivity (Wildman–Crippen MR) is 83.3 cm³/mol. The monoisotopic (exact) mass is 319 g/mol. The summed E-state index contributed by atoms with van der Waals surface area (Å²) in [5, 5.41) is 3.40. The first-order chi connectivity index (χ1) is 9.20. The lowest BCUT2D eigenvalue weighted by molar-refractivity contribution is 0.719. The smallest absolute Gasteiger partial charge is 0.140 e. The van der Waals surface area contributed by atoms with Gasteiger partial charge in [-0.05, 0) is 46.5 Å². The fourth-order valence-electron chi connectivity index (χ4n) is 1.93. The zero-order chi connectivity index (χ0) is 13.7. The molecular weight excluding hydrogens is 302 g/mol. The van der Waals surface area contributed by atoms with Crippen LogP contribution in [0.1, 0.15) is 11.1 Å². The molecule has 4 heteroatoms. The molecule has 0 fully saturated rings.